The van der Waals surface area contributed by atoms with E-state index in [-0.39, 0.29) is 5.82 Å². The molecular formula is C14H10ClFN2. The Kier molecular flexibility index (Phi) is 3.81. The summed E-state index contributed by atoms with van der Waals surface area (Å²) in [5.74, 6) is -0.390. The lowest BCUT2D eigenvalue weighted by molar-refractivity contribution is 0.630. The number of nitriles is 1. The molecule has 0 amide bonds. The number of rotatable bonds is 3. The van der Waals surface area contributed by atoms with Gasteiger partial charge in [-0.3, -0.25) is 0 Å². The molecule has 2 aromatic rings. The maximum Gasteiger partial charge on any atom is 0.147 e. The monoisotopic (exact) mass is 260 g/mol. The van der Waals surface area contributed by atoms with E-state index in [4.69, 9.17) is 16.9 Å². The van der Waals surface area contributed by atoms with Gasteiger partial charge in [0.25, 0.3) is 0 Å². The first kappa shape index (κ1) is 12.4. The highest BCUT2D eigenvalue weighted by Gasteiger charge is 2.02. The molecule has 0 unspecified atom stereocenters. The van der Waals surface area contributed by atoms with Crippen molar-refractivity contribution >= 4 is 17.3 Å². The molecule has 0 fully saturated rings. The van der Waals surface area contributed by atoms with Gasteiger partial charge in [0.2, 0.25) is 0 Å². The maximum atomic E-state index is 13.5. The van der Waals surface area contributed by atoms with E-state index < -0.39 is 0 Å². The van der Waals surface area contributed by atoms with Crippen molar-refractivity contribution in [1.82, 2.24) is 0 Å². The van der Waals surface area contributed by atoms with Crippen LogP contribution in [-0.4, -0.2) is 0 Å². The fraction of sp³-hybridized carbons (Fsp3) is 0.0714. The van der Waals surface area contributed by atoms with E-state index in [1.54, 1.807) is 30.3 Å². The van der Waals surface area contributed by atoms with Crippen LogP contribution < -0.4 is 5.32 Å². The van der Waals surface area contributed by atoms with E-state index in [9.17, 15) is 4.39 Å². The third kappa shape index (κ3) is 2.99. The molecule has 0 aromatic heterocycles. The number of halogens is 2. The maximum absolute atomic E-state index is 13.5. The number of nitrogens with one attached hydrogen (secondary N) is 1. The highest BCUT2D eigenvalue weighted by molar-refractivity contribution is 6.30. The summed E-state index contributed by atoms with van der Waals surface area (Å²) in [4.78, 5) is 0. The molecule has 0 bridgehead atoms. The number of hydrogen-bond acceptors (Lipinski definition) is 2. The van der Waals surface area contributed by atoms with Gasteiger partial charge >= 0.3 is 0 Å². The highest BCUT2D eigenvalue weighted by Crippen LogP contribution is 2.19. The molecule has 0 saturated heterocycles. The molecule has 18 heavy (non-hydrogen) atoms. The van der Waals surface area contributed by atoms with Crippen molar-refractivity contribution in [3.8, 4) is 6.07 Å². The topological polar surface area (TPSA) is 35.8 Å². The molecule has 2 rings (SSSR count). The zero-order valence-electron chi connectivity index (χ0n) is 9.45. The lowest BCUT2D eigenvalue weighted by Gasteiger charge is -2.08. The van der Waals surface area contributed by atoms with E-state index in [1.165, 1.54) is 6.07 Å². The second kappa shape index (κ2) is 5.52. The molecule has 0 aliphatic heterocycles. The van der Waals surface area contributed by atoms with Crippen molar-refractivity contribution in [3.63, 3.8) is 0 Å². The summed E-state index contributed by atoms with van der Waals surface area (Å²) in [6.45, 7) is 0.452. The summed E-state index contributed by atoms with van der Waals surface area (Å²) in [5, 5.41) is 12.1. The number of benzene rings is 2. The van der Waals surface area contributed by atoms with Crippen molar-refractivity contribution in [2.75, 3.05) is 5.32 Å². The fourth-order valence-corrected chi connectivity index (χ4v) is 1.74. The van der Waals surface area contributed by atoms with E-state index >= 15 is 0 Å². The Morgan fingerprint density at radius 1 is 1.22 bits per heavy atom. The third-order valence-corrected chi connectivity index (χ3v) is 2.71. The minimum Gasteiger partial charge on any atom is -0.379 e. The SMILES string of the molecule is N#Cc1cccc(CNc2ccc(Cl)cc2F)c1. The lowest BCUT2D eigenvalue weighted by Crippen LogP contribution is -2.01. The summed E-state index contributed by atoms with van der Waals surface area (Å²) < 4.78 is 13.5. The molecule has 0 aliphatic rings. The number of hydrogen-bond donors (Lipinski definition) is 1. The van der Waals surface area contributed by atoms with Crippen LogP contribution in [0.4, 0.5) is 10.1 Å². The standard InChI is InChI=1S/C14H10ClFN2/c15-12-4-5-14(13(16)7-12)18-9-11-3-1-2-10(6-11)8-17/h1-7,18H,9H2. The van der Waals surface area contributed by atoms with Crippen LogP contribution in [0.25, 0.3) is 0 Å². The van der Waals surface area contributed by atoms with Crippen molar-refractivity contribution in [2.45, 2.75) is 6.54 Å². The minimum absolute atomic E-state index is 0.365. The molecule has 4 heteroatoms. The molecule has 0 saturated carbocycles. The first-order valence-corrected chi connectivity index (χ1v) is 5.75. The predicted octanol–water partition coefficient (Wildman–Crippen LogP) is 3.96. The Hall–Kier alpha value is -2.05. The van der Waals surface area contributed by atoms with Crippen LogP contribution >= 0.6 is 11.6 Å². The highest BCUT2D eigenvalue weighted by atomic mass is 35.5. The normalized spacial score (nSPS) is 9.83. The Morgan fingerprint density at radius 3 is 2.78 bits per heavy atom. The van der Waals surface area contributed by atoms with E-state index in [1.807, 2.05) is 6.07 Å². The van der Waals surface area contributed by atoms with Gasteiger partial charge < -0.3 is 5.32 Å². The van der Waals surface area contributed by atoms with Gasteiger partial charge in [-0.05, 0) is 35.9 Å². The van der Waals surface area contributed by atoms with Gasteiger partial charge in [-0.15, -0.1) is 0 Å². The lowest BCUT2D eigenvalue weighted by atomic mass is 10.1. The zero-order chi connectivity index (χ0) is 13.0. The van der Waals surface area contributed by atoms with E-state index in [0.29, 0.717) is 22.8 Å². The van der Waals surface area contributed by atoms with Crippen LogP contribution in [0.3, 0.4) is 0 Å². The Morgan fingerprint density at radius 2 is 2.06 bits per heavy atom. The Labute approximate surface area is 110 Å². The van der Waals surface area contributed by atoms with Crippen LogP contribution in [0.5, 0.6) is 0 Å². The average molecular weight is 261 g/mol. The first-order chi connectivity index (χ1) is 8.69. The first-order valence-electron chi connectivity index (χ1n) is 5.37. The smallest absolute Gasteiger partial charge is 0.147 e. The number of nitrogens with zero attached hydrogens (tertiary/aromatic N) is 1. The van der Waals surface area contributed by atoms with Crippen molar-refractivity contribution in [1.29, 1.82) is 5.26 Å². The number of anilines is 1. The van der Waals surface area contributed by atoms with Crippen LogP contribution in [-0.2, 0) is 6.54 Å². The van der Waals surface area contributed by atoms with Crippen LogP contribution in [0.2, 0.25) is 5.02 Å². The fourth-order valence-electron chi connectivity index (χ4n) is 1.58. The second-order valence-corrected chi connectivity index (χ2v) is 4.23. The summed E-state index contributed by atoms with van der Waals surface area (Å²) >= 11 is 5.67. The molecule has 0 radical (unpaired) electrons. The summed E-state index contributed by atoms with van der Waals surface area (Å²) in [5.41, 5.74) is 1.90. The van der Waals surface area contributed by atoms with E-state index in [2.05, 4.69) is 11.4 Å². The van der Waals surface area contributed by atoms with Gasteiger partial charge in [-0.2, -0.15) is 5.26 Å². The Balaban J connectivity index is 2.09. The van der Waals surface area contributed by atoms with Gasteiger partial charge in [0.05, 0.1) is 17.3 Å². The molecule has 0 atom stereocenters. The summed E-state index contributed by atoms with van der Waals surface area (Å²) in [7, 11) is 0. The van der Waals surface area contributed by atoms with Gasteiger partial charge in [0.1, 0.15) is 5.82 Å². The van der Waals surface area contributed by atoms with Crippen molar-refractivity contribution in [2.24, 2.45) is 0 Å². The molecule has 0 aliphatic carbocycles. The van der Waals surface area contributed by atoms with Gasteiger partial charge in [0, 0.05) is 11.6 Å². The predicted molar refractivity (Wildman–Crippen MR) is 69.9 cm³/mol. The summed E-state index contributed by atoms with van der Waals surface area (Å²) in [6, 6.07) is 13.7. The molecule has 2 nitrogen and oxygen atoms in total. The third-order valence-electron chi connectivity index (χ3n) is 2.47. The molecular weight excluding hydrogens is 251 g/mol. The largest absolute Gasteiger partial charge is 0.379 e. The van der Waals surface area contributed by atoms with Crippen molar-refractivity contribution in [3.05, 3.63) is 64.4 Å². The molecule has 2 aromatic carbocycles. The van der Waals surface area contributed by atoms with Crippen LogP contribution in [0.1, 0.15) is 11.1 Å². The van der Waals surface area contributed by atoms with Gasteiger partial charge in [0.15, 0.2) is 0 Å². The van der Waals surface area contributed by atoms with Crippen LogP contribution in [0.15, 0.2) is 42.5 Å². The molecule has 0 spiro atoms. The second-order valence-electron chi connectivity index (χ2n) is 3.79. The molecule has 0 heterocycles. The Bertz CT molecular complexity index is 605. The van der Waals surface area contributed by atoms with Gasteiger partial charge in [-0.25, -0.2) is 4.39 Å². The zero-order valence-corrected chi connectivity index (χ0v) is 10.2. The molecule has 1 N–H and O–H groups in total. The van der Waals surface area contributed by atoms with Crippen molar-refractivity contribution < 1.29 is 4.39 Å². The van der Waals surface area contributed by atoms with Crippen LogP contribution in [0, 0.1) is 17.1 Å². The summed E-state index contributed by atoms with van der Waals surface area (Å²) in [6.07, 6.45) is 0. The molecule has 90 valence electrons. The van der Waals surface area contributed by atoms with Gasteiger partial charge in [-0.1, -0.05) is 23.7 Å². The average Bonchev–Trinajstić information content (AvgIpc) is 2.38. The minimum atomic E-state index is -0.390. The van der Waals surface area contributed by atoms with E-state index in [0.717, 1.165) is 5.56 Å². The quantitative estimate of drug-likeness (QED) is 0.907.